The van der Waals surface area contributed by atoms with E-state index < -0.39 is 27.8 Å². The number of carboxylic acids is 1. The topological polar surface area (TPSA) is 91.8 Å². The van der Waals surface area contributed by atoms with Gasteiger partial charge >= 0.3 is 5.97 Å². The van der Waals surface area contributed by atoms with E-state index in [1.165, 1.54) is 16.7 Å². The van der Waals surface area contributed by atoms with E-state index in [2.05, 4.69) is 0 Å². The minimum Gasteiger partial charge on any atom is -0.480 e. The third-order valence-electron chi connectivity index (χ3n) is 3.73. The normalized spacial score (nSPS) is 32.8. The van der Waals surface area contributed by atoms with Gasteiger partial charge in [-0.25, -0.2) is 13.2 Å². The van der Waals surface area contributed by atoms with Gasteiger partial charge in [0.05, 0.1) is 22.8 Å². The fourth-order valence-electron chi connectivity index (χ4n) is 2.71. The highest BCUT2D eigenvalue weighted by atomic mass is 32.2. The van der Waals surface area contributed by atoms with Crippen LogP contribution in [0.1, 0.15) is 20.3 Å². The van der Waals surface area contributed by atoms with Crippen molar-refractivity contribution in [1.29, 1.82) is 0 Å². The summed E-state index contributed by atoms with van der Waals surface area (Å²) in [5.74, 6) is -1.55. The molecule has 0 radical (unpaired) electrons. The number of hydrogen-bond donors (Lipinski definition) is 1. The Balaban J connectivity index is 2.22. The fraction of sp³-hybridized carbons (Fsp3) is 0.833. The number of rotatable bonds is 3. The predicted octanol–water partition coefficient (Wildman–Crippen LogP) is 0.432. The lowest BCUT2D eigenvalue weighted by molar-refractivity contribution is -0.151. The van der Waals surface area contributed by atoms with E-state index in [1.807, 2.05) is 13.8 Å². The minimum absolute atomic E-state index is 0.0223. The van der Waals surface area contributed by atoms with Crippen molar-refractivity contribution in [3.63, 3.8) is 0 Å². The summed E-state index contributed by atoms with van der Waals surface area (Å²) in [7, 11) is -3.15. The van der Waals surface area contributed by atoms with Crippen LogP contribution in [-0.2, 0) is 19.4 Å². The molecule has 0 aromatic heterocycles. The molecule has 0 bridgehead atoms. The van der Waals surface area contributed by atoms with Crippen molar-refractivity contribution >= 4 is 33.5 Å². The number of sulfone groups is 1. The summed E-state index contributed by atoms with van der Waals surface area (Å²) in [4.78, 5) is 25.3. The Hall–Kier alpha value is -0.760. The minimum atomic E-state index is -3.15. The molecule has 0 aromatic carbocycles. The van der Waals surface area contributed by atoms with Gasteiger partial charge in [-0.05, 0) is 12.3 Å². The largest absolute Gasteiger partial charge is 0.480 e. The van der Waals surface area contributed by atoms with Gasteiger partial charge in [0.1, 0.15) is 6.04 Å². The third kappa shape index (κ3) is 2.95. The molecule has 2 rings (SSSR count). The van der Waals surface area contributed by atoms with Gasteiger partial charge in [0.25, 0.3) is 0 Å². The van der Waals surface area contributed by atoms with Crippen LogP contribution in [-0.4, -0.2) is 59.0 Å². The highest BCUT2D eigenvalue weighted by molar-refractivity contribution is 8.00. The van der Waals surface area contributed by atoms with Crippen molar-refractivity contribution in [2.45, 2.75) is 31.7 Å². The van der Waals surface area contributed by atoms with Crippen molar-refractivity contribution < 1.29 is 23.1 Å². The SMILES string of the molecule is CC(C)C1SCC(C(=O)O)N1C(=O)C1CCS(=O)(=O)C1. The first-order chi connectivity index (χ1) is 9.23. The molecule has 2 aliphatic rings. The first-order valence-corrected chi connectivity index (χ1v) is 9.47. The number of carbonyl (C=O) groups is 2. The molecule has 0 aliphatic carbocycles. The van der Waals surface area contributed by atoms with Crippen LogP contribution in [0, 0.1) is 11.8 Å². The van der Waals surface area contributed by atoms with Gasteiger partial charge in [-0.3, -0.25) is 4.79 Å². The Morgan fingerprint density at radius 1 is 1.35 bits per heavy atom. The first-order valence-electron chi connectivity index (χ1n) is 6.60. The van der Waals surface area contributed by atoms with Gasteiger partial charge in [0.2, 0.25) is 5.91 Å². The highest BCUT2D eigenvalue weighted by Crippen LogP contribution is 2.36. The molecule has 2 fully saturated rings. The fourth-order valence-corrected chi connectivity index (χ4v) is 5.92. The monoisotopic (exact) mass is 321 g/mol. The van der Waals surface area contributed by atoms with Gasteiger partial charge in [-0.15, -0.1) is 11.8 Å². The molecule has 0 saturated carbocycles. The molecule has 2 aliphatic heterocycles. The van der Waals surface area contributed by atoms with Crippen molar-refractivity contribution in [3.8, 4) is 0 Å². The average Bonchev–Trinajstić information content (AvgIpc) is 2.91. The Morgan fingerprint density at radius 2 is 2.00 bits per heavy atom. The zero-order valence-corrected chi connectivity index (χ0v) is 13.1. The third-order valence-corrected chi connectivity index (χ3v) is 7.12. The van der Waals surface area contributed by atoms with Crippen LogP contribution in [0.25, 0.3) is 0 Å². The summed E-state index contributed by atoms with van der Waals surface area (Å²) in [5.41, 5.74) is 0. The standard InChI is InChI=1S/C12H19NO5S2/c1-7(2)11-13(9(5-19-11)12(15)16)10(14)8-3-4-20(17,18)6-8/h7-9,11H,3-6H2,1-2H3,(H,15,16). The lowest BCUT2D eigenvalue weighted by Crippen LogP contribution is -2.49. The molecule has 3 unspecified atom stereocenters. The second-order valence-corrected chi connectivity index (χ2v) is 9.05. The molecule has 114 valence electrons. The molecular formula is C12H19NO5S2. The Bertz CT molecular complexity index is 516. The smallest absolute Gasteiger partial charge is 0.327 e. The summed E-state index contributed by atoms with van der Waals surface area (Å²) in [6.45, 7) is 3.88. The maximum Gasteiger partial charge on any atom is 0.327 e. The number of hydrogen-bond acceptors (Lipinski definition) is 5. The molecule has 2 saturated heterocycles. The van der Waals surface area contributed by atoms with Crippen LogP contribution in [0.4, 0.5) is 0 Å². The van der Waals surface area contributed by atoms with Gasteiger partial charge in [-0.2, -0.15) is 0 Å². The van der Waals surface area contributed by atoms with Crippen molar-refractivity contribution in [2.75, 3.05) is 17.3 Å². The van der Waals surface area contributed by atoms with Crippen LogP contribution in [0.2, 0.25) is 0 Å². The molecule has 20 heavy (non-hydrogen) atoms. The molecule has 8 heteroatoms. The van der Waals surface area contributed by atoms with E-state index in [0.29, 0.717) is 12.2 Å². The summed E-state index contributed by atoms with van der Waals surface area (Å²) in [5, 5.41) is 9.06. The van der Waals surface area contributed by atoms with Crippen molar-refractivity contribution in [1.82, 2.24) is 4.90 Å². The Labute approximate surface area is 122 Å². The predicted molar refractivity (Wildman–Crippen MR) is 76.1 cm³/mol. The second-order valence-electron chi connectivity index (χ2n) is 5.67. The number of nitrogens with zero attached hydrogens (tertiary/aromatic N) is 1. The van der Waals surface area contributed by atoms with Crippen LogP contribution >= 0.6 is 11.8 Å². The van der Waals surface area contributed by atoms with E-state index in [0.717, 1.165) is 0 Å². The maximum atomic E-state index is 12.5. The van der Waals surface area contributed by atoms with Gasteiger partial charge < -0.3 is 10.0 Å². The van der Waals surface area contributed by atoms with Crippen LogP contribution in [0.3, 0.4) is 0 Å². The number of carbonyl (C=O) groups excluding carboxylic acids is 1. The van der Waals surface area contributed by atoms with Gasteiger partial charge in [0, 0.05) is 5.75 Å². The maximum absolute atomic E-state index is 12.5. The lowest BCUT2D eigenvalue weighted by atomic mass is 10.0. The van der Waals surface area contributed by atoms with E-state index in [4.69, 9.17) is 0 Å². The highest BCUT2D eigenvalue weighted by Gasteiger charge is 2.46. The summed E-state index contributed by atoms with van der Waals surface area (Å²) in [6, 6.07) is -0.844. The lowest BCUT2D eigenvalue weighted by Gasteiger charge is -2.31. The van der Waals surface area contributed by atoms with Crippen LogP contribution < -0.4 is 0 Å². The number of thioether (sulfide) groups is 1. The molecular weight excluding hydrogens is 302 g/mol. The molecule has 3 atom stereocenters. The van der Waals surface area contributed by atoms with E-state index in [1.54, 1.807) is 0 Å². The summed E-state index contributed by atoms with van der Waals surface area (Å²) in [6.07, 6.45) is 0.305. The van der Waals surface area contributed by atoms with Crippen LogP contribution in [0.15, 0.2) is 0 Å². The second kappa shape index (κ2) is 5.55. The number of aliphatic carboxylic acids is 1. The summed E-state index contributed by atoms with van der Waals surface area (Å²) < 4.78 is 23.0. The molecule has 0 aromatic rings. The van der Waals surface area contributed by atoms with Gasteiger partial charge in [0.15, 0.2) is 9.84 Å². The Morgan fingerprint density at radius 3 is 2.45 bits per heavy atom. The van der Waals surface area contributed by atoms with E-state index >= 15 is 0 Å². The number of amides is 1. The first kappa shape index (κ1) is 15.6. The van der Waals surface area contributed by atoms with Gasteiger partial charge in [-0.1, -0.05) is 13.8 Å². The van der Waals surface area contributed by atoms with E-state index in [-0.39, 0.29) is 28.7 Å². The average molecular weight is 321 g/mol. The molecule has 2 heterocycles. The quantitative estimate of drug-likeness (QED) is 0.810. The zero-order valence-electron chi connectivity index (χ0n) is 11.5. The number of carboxylic acid groups (broad SMARTS) is 1. The van der Waals surface area contributed by atoms with Crippen LogP contribution in [0.5, 0.6) is 0 Å². The molecule has 1 amide bonds. The molecule has 1 N–H and O–H groups in total. The zero-order chi connectivity index (χ0) is 15.1. The van der Waals surface area contributed by atoms with E-state index in [9.17, 15) is 23.1 Å². The molecule has 6 nitrogen and oxygen atoms in total. The summed E-state index contributed by atoms with van der Waals surface area (Å²) >= 11 is 1.46. The Kier molecular flexibility index (Phi) is 4.34. The van der Waals surface area contributed by atoms with Crippen molar-refractivity contribution in [2.24, 2.45) is 11.8 Å². The van der Waals surface area contributed by atoms with Crippen molar-refractivity contribution in [3.05, 3.63) is 0 Å². The molecule has 0 spiro atoms.